The largest absolute Gasteiger partial charge is 0.854 e. The maximum atomic E-state index is 9.95. The van der Waals surface area contributed by atoms with Crippen molar-refractivity contribution in [1.82, 2.24) is 4.98 Å². The number of rotatable bonds is 0. The first-order valence-electron chi connectivity index (χ1n) is 18.7. The van der Waals surface area contributed by atoms with Gasteiger partial charge in [0.2, 0.25) is 0 Å². The van der Waals surface area contributed by atoms with Gasteiger partial charge >= 0.3 is 0 Å². The summed E-state index contributed by atoms with van der Waals surface area (Å²) in [5.41, 5.74) is 2.26. The van der Waals surface area contributed by atoms with E-state index in [-0.39, 0.29) is 114 Å². The van der Waals surface area contributed by atoms with Crippen molar-refractivity contribution in [1.29, 1.82) is 0 Å². The van der Waals surface area contributed by atoms with Crippen LogP contribution < -0.4 is 30.6 Å². The zero-order valence-corrected chi connectivity index (χ0v) is 45.6. The van der Waals surface area contributed by atoms with E-state index in [1.54, 1.807) is 18.5 Å². The summed E-state index contributed by atoms with van der Waals surface area (Å²) in [4.78, 5) is 3.78. The molecular formula is C47H87NO6W2-8. The van der Waals surface area contributed by atoms with Crippen LogP contribution in [-0.4, -0.2) is 44.6 Å². The van der Waals surface area contributed by atoms with E-state index in [1.165, 1.54) is 5.56 Å². The fourth-order valence-corrected chi connectivity index (χ4v) is 0.847. The van der Waals surface area contributed by atoms with E-state index in [4.69, 9.17) is 0 Å². The molecule has 7 nitrogen and oxygen atoms in total. The average molecular weight is 1130 g/mol. The summed E-state index contributed by atoms with van der Waals surface area (Å²) in [5, 5.41) is 59.7. The van der Waals surface area contributed by atoms with Crippen LogP contribution >= 0.6 is 0 Å². The topological polar surface area (TPSA) is 151 Å². The predicted octanol–water partition coefficient (Wildman–Crippen LogP) is 7.03. The van der Waals surface area contributed by atoms with Crippen molar-refractivity contribution >= 4 is 0 Å². The molecule has 0 atom stereocenters. The molecule has 1 heterocycles. The van der Waals surface area contributed by atoms with Crippen molar-refractivity contribution in [2.24, 2.45) is 32.5 Å². The molecule has 0 bridgehead atoms. The zero-order valence-electron chi connectivity index (χ0n) is 39.7. The third-order valence-electron chi connectivity index (χ3n) is 4.45. The summed E-state index contributed by atoms with van der Waals surface area (Å²) in [6.07, 6.45) is 5.22. The van der Waals surface area contributed by atoms with E-state index in [0.29, 0.717) is 0 Å². The number of aryl methyl sites for hydroxylation is 1. The van der Waals surface area contributed by atoms with E-state index >= 15 is 0 Å². The minimum Gasteiger partial charge on any atom is -0.854 e. The van der Waals surface area contributed by atoms with E-state index in [0.717, 1.165) is 5.57 Å². The molecule has 0 saturated carbocycles. The Morgan fingerprint density at radius 1 is 0.464 bits per heavy atom. The average Bonchev–Trinajstić information content (AvgIpc) is 3.06. The smallest absolute Gasteiger partial charge is 0.0267 e. The summed E-state index contributed by atoms with van der Waals surface area (Å²) in [5.74, 6) is 0. The van der Waals surface area contributed by atoms with E-state index < -0.39 is 0 Å². The Bertz CT molecular complexity index is 871. The van der Waals surface area contributed by atoms with E-state index in [1.807, 2.05) is 168 Å². The fraction of sp³-hybridized carbons (Fsp3) is 0.681. The number of aromatic nitrogens is 1. The van der Waals surface area contributed by atoms with Gasteiger partial charge in [0, 0.05) is 54.5 Å². The molecule has 336 valence electrons. The molecular weight excluding hydrogens is 1040 g/mol. The van der Waals surface area contributed by atoms with Gasteiger partial charge < -0.3 is 56.1 Å². The Hall–Kier alpha value is -1.01. The minimum atomic E-state index is -0.0139. The van der Waals surface area contributed by atoms with Crippen molar-refractivity contribution in [3.05, 3.63) is 92.0 Å². The summed E-state index contributed by atoms with van der Waals surface area (Å²) >= 11 is 0. The molecule has 0 aliphatic rings. The van der Waals surface area contributed by atoms with Gasteiger partial charge in [0.1, 0.15) is 0 Å². The van der Waals surface area contributed by atoms with E-state index in [9.17, 15) is 30.6 Å². The van der Waals surface area contributed by atoms with Gasteiger partial charge in [0.25, 0.3) is 0 Å². The summed E-state index contributed by atoms with van der Waals surface area (Å²) in [7, 11) is 0. The van der Waals surface area contributed by atoms with Gasteiger partial charge in [-0.05, 0) is 19.1 Å². The molecule has 0 aliphatic carbocycles. The first kappa shape index (κ1) is 75.8. The molecule has 56 heavy (non-hydrogen) atoms. The predicted molar refractivity (Wildman–Crippen MR) is 226 cm³/mol. The van der Waals surface area contributed by atoms with Gasteiger partial charge in [0.15, 0.2) is 0 Å². The maximum absolute atomic E-state index is 9.95. The third-order valence-corrected chi connectivity index (χ3v) is 4.45. The molecule has 0 spiro atoms. The Kier molecular flexibility index (Phi) is 59.0. The van der Waals surface area contributed by atoms with Crippen LogP contribution in [0.4, 0.5) is 0 Å². The first-order chi connectivity index (χ1) is 24.0. The summed E-state index contributed by atoms with van der Waals surface area (Å²) < 4.78 is 0. The first-order valence-corrected chi connectivity index (χ1v) is 18.7. The minimum absolute atomic E-state index is 0. The van der Waals surface area contributed by atoms with Gasteiger partial charge in [-0.25, -0.2) is 0 Å². The van der Waals surface area contributed by atoms with Crippen molar-refractivity contribution in [2.45, 2.75) is 138 Å². The Morgan fingerprint density at radius 3 is 0.679 bits per heavy atom. The van der Waals surface area contributed by atoms with Gasteiger partial charge in [-0.3, -0.25) is 4.98 Å². The zero-order chi connectivity index (χ0) is 44.9. The number of hydrogen-bond acceptors (Lipinski definition) is 7. The summed E-state index contributed by atoms with van der Waals surface area (Å²) in [6.45, 7) is 45.9. The molecule has 0 unspecified atom stereocenters. The summed E-state index contributed by atoms with van der Waals surface area (Å²) in [6, 6.07) is 16.0. The maximum Gasteiger partial charge on any atom is 0.0267 e. The molecule has 0 aliphatic heterocycles. The van der Waals surface area contributed by atoms with Crippen molar-refractivity contribution in [3.8, 4) is 0 Å². The van der Waals surface area contributed by atoms with Crippen LogP contribution in [-0.2, 0) is 42.1 Å². The van der Waals surface area contributed by atoms with Crippen LogP contribution in [0.3, 0.4) is 0 Å². The molecule has 0 saturated heterocycles. The number of benzene rings is 1. The SMILES string of the molecule is CC(C)(C)C[O-].CC(C)(C)C[O-].CC(C)(C)C[O-].CC(C)(C)C[O-].CC(C)(C)C[O-].CC(C)(C)C[O-].Cc1ccccc1.[CH2-]/C=C(\[CH2-])C.[W].[W].c1ccncc1. The molecule has 0 N–H and O–H groups in total. The number of pyridine rings is 1. The van der Waals surface area contributed by atoms with Gasteiger partial charge in [-0.15, -0.1) is 46.6 Å². The molecule has 9 heteroatoms. The number of allylic oxidation sites excluding steroid dienone is 2. The van der Waals surface area contributed by atoms with Crippen molar-refractivity contribution in [2.75, 3.05) is 39.6 Å². The van der Waals surface area contributed by atoms with Crippen molar-refractivity contribution < 1.29 is 72.8 Å². The van der Waals surface area contributed by atoms with Crippen LogP contribution in [0.15, 0.2) is 72.6 Å². The van der Waals surface area contributed by atoms with Crippen molar-refractivity contribution in [3.63, 3.8) is 0 Å². The normalized spacial score (nSPS) is 10.7. The van der Waals surface area contributed by atoms with Crippen LogP contribution in [0.25, 0.3) is 0 Å². The Labute approximate surface area is 378 Å². The molecule has 1 aromatic heterocycles. The van der Waals surface area contributed by atoms with Gasteiger partial charge in [-0.1, -0.05) is 199 Å². The molecule has 2 aromatic rings. The quantitative estimate of drug-likeness (QED) is 0.257. The molecule has 0 fully saturated rings. The van der Waals surface area contributed by atoms with Crippen LogP contribution in [0.1, 0.15) is 137 Å². The second-order valence-electron chi connectivity index (χ2n) is 20.0. The van der Waals surface area contributed by atoms with E-state index in [2.05, 4.69) is 37.9 Å². The molecule has 2 rings (SSSR count). The second-order valence-corrected chi connectivity index (χ2v) is 20.0. The standard InChI is InChI=1S/C7H8.C5H5N.6C5H11O.C5H8.2W/c1-7-5-3-2-4-6-7;1-2-4-6-5-3-1;6*1-5(2,3)4-6;1-4-5(2)3;;/h2-6H,1H3;1-5H;6*4H2,1-3H3;4H,1-2H2,3H3;;/q;;6*-1;-2;;/b;;;;;;;;5-4+;;. The molecule has 0 amide bonds. The van der Waals surface area contributed by atoms with Crippen LogP contribution in [0.2, 0.25) is 0 Å². The fourth-order valence-electron chi connectivity index (χ4n) is 0.847. The third kappa shape index (κ3) is 132. The van der Waals surface area contributed by atoms with Gasteiger partial charge in [0.05, 0.1) is 0 Å². The molecule has 1 aromatic carbocycles. The van der Waals surface area contributed by atoms with Gasteiger partial charge in [-0.2, -0.15) is 0 Å². The second kappa shape index (κ2) is 43.6. The Morgan fingerprint density at radius 2 is 0.625 bits per heavy atom. The number of nitrogens with zero attached hydrogens (tertiary/aromatic N) is 1. The molecule has 0 radical (unpaired) electrons. The van der Waals surface area contributed by atoms with Crippen LogP contribution in [0, 0.1) is 53.3 Å². The Balaban J connectivity index is -0.0000000632. The number of hydrogen-bond donors (Lipinski definition) is 0. The monoisotopic (exact) mass is 1130 g/mol. The van der Waals surface area contributed by atoms with Crippen LogP contribution in [0.5, 0.6) is 0 Å².